The summed E-state index contributed by atoms with van der Waals surface area (Å²) in [6.45, 7) is 4.26. The molecule has 0 radical (unpaired) electrons. The van der Waals surface area contributed by atoms with Gasteiger partial charge in [0, 0.05) is 12.8 Å². The summed E-state index contributed by atoms with van der Waals surface area (Å²) in [5, 5.41) is 0. The van der Waals surface area contributed by atoms with Gasteiger partial charge in [-0.15, -0.1) is 0 Å². The van der Waals surface area contributed by atoms with Crippen molar-refractivity contribution < 1.29 is 42.1 Å². The molecule has 0 rings (SSSR count). The molecular formula is C70H117NO8P+. The molecule has 0 aromatic carbocycles. The predicted molar refractivity (Wildman–Crippen MR) is 343 cm³/mol. The molecule has 2 atom stereocenters. The summed E-state index contributed by atoms with van der Waals surface area (Å²) >= 11 is 0. The van der Waals surface area contributed by atoms with Crippen LogP contribution >= 0.6 is 7.82 Å². The zero-order chi connectivity index (χ0) is 58.4. The Bertz CT molecular complexity index is 1860. The lowest BCUT2D eigenvalue weighted by atomic mass is 10.1. The Kier molecular flexibility index (Phi) is 56.5. The lowest BCUT2D eigenvalue weighted by molar-refractivity contribution is -0.870. The zero-order valence-electron chi connectivity index (χ0n) is 51.5. The molecule has 454 valence electrons. The average molecular weight is 1130 g/mol. The van der Waals surface area contributed by atoms with Gasteiger partial charge in [-0.3, -0.25) is 18.6 Å². The quantitative estimate of drug-likeness (QED) is 0.0211. The van der Waals surface area contributed by atoms with Crippen molar-refractivity contribution in [3.05, 3.63) is 146 Å². The van der Waals surface area contributed by atoms with Crippen molar-refractivity contribution in [3.63, 3.8) is 0 Å². The molecule has 0 bridgehead atoms. The Morgan fingerprint density at radius 3 is 1.06 bits per heavy atom. The maximum atomic E-state index is 12.8. The van der Waals surface area contributed by atoms with E-state index in [1.807, 2.05) is 21.1 Å². The number of carbonyl (C=O) groups is 2. The van der Waals surface area contributed by atoms with E-state index < -0.39 is 26.5 Å². The molecule has 0 aromatic heterocycles. The van der Waals surface area contributed by atoms with Crippen LogP contribution in [-0.2, 0) is 32.7 Å². The molecule has 9 nitrogen and oxygen atoms in total. The maximum Gasteiger partial charge on any atom is 0.472 e. The topological polar surface area (TPSA) is 108 Å². The number of hydrogen-bond acceptors (Lipinski definition) is 7. The van der Waals surface area contributed by atoms with E-state index in [2.05, 4.69) is 160 Å². The second-order valence-corrected chi connectivity index (χ2v) is 23.2. The molecule has 0 aliphatic carbocycles. The molecule has 0 amide bonds. The number of unbranched alkanes of at least 4 members (excludes halogenated alkanes) is 18. The van der Waals surface area contributed by atoms with Crippen molar-refractivity contribution in [1.29, 1.82) is 0 Å². The molecule has 10 heteroatoms. The monoisotopic (exact) mass is 1130 g/mol. The minimum absolute atomic E-state index is 0.0189. The molecule has 0 heterocycles. The molecule has 0 spiro atoms. The molecule has 2 unspecified atom stereocenters. The Hall–Kier alpha value is -4.11. The first-order valence-corrected chi connectivity index (χ1v) is 33.1. The standard InChI is InChI=1S/C70H116NO8P/c1-6-8-10-12-14-16-18-20-22-24-26-28-29-30-31-32-33-34-35-36-37-38-39-40-41-43-45-47-49-51-53-55-57-59-61-63-70(73)79-68(67-78-80(74,75)77-65-64-71(3,4)5)66-76-69(72)62-60-58-56-54-52-50-48-46-44-42-27-25-23-21-19-17-15-13-11-9-7-2/h8,10,14,16,19-22,25-28,30-31,33-34,36-37,39-40,43-46,68H,6-7,9,11-13,15,17-18,23-24,29,32,35,38,41-42,47-67H2,1-5H3/p+1/b10-8-,16-14-,21-19-,22-20-,27-25-,28-26-,31-30-,34-33-,37-36-,40-39-,45-43-,46-44-. The lowest BCUT2D eigenvalue weighted by Gasteiger charge is -2.24. The van der Waals surface area contributed by atoms with Crippen molar-refractivity contribution >= 4 is 19.8 Å². The van der Waals surface area contributed by atoms with E-state index in [0.29, 0.717) is 23.9 Å². The molecule has 0 aromatic rings. The first-order chi connectivity index (χ1) is 39.0. The van der Waals surface area contributed by atoms with Crippen molar-refractivity contribution in [3.8, 4) is 0 Å². The minimum Gasteiger partial charge on any atom is -0.462 e. The summed E-state index contributed by atoms with van der Waals surface area (Å²) in [7, 11) is 1.44. The second-order valence-electron chi connectivity index (χ2n) is 21.7. The first kappa shape index (κ1) is 75.9. The summed E-state index contributed by atoms with van der Waals surface area (Å²) < 4.78 is 34.6. The van der Waals surface area contributed by atoms with E-state index in [0.717, 1.165) is 122 Å². The van der Waals surface area contributed by atoms with Crippen molar-refractivity contribution in [2.24, 2.45) is 0 Å². The highest BCUT2D eigenvalue weighted by Gasteiger charge is 2.27. The van der Waals surface area contributed by atoms with Crippen LogP contribution in [0, 0.1) is 0 Å². The molecule has 80 heavy (non-hydrogen) atoms. The Balaban J connectivity index is 4.22. The van der Waals surface area contributed by atoms with Gasteiger partial charge in [-0.2, -0.15) is 0 Å². The summed E-state index contributed by atoms with van der Waals surface area (Å²) in [6.07, 6.45) is 87.8. The molecule has 1 N–H and O–H groups in total. The zero-order valence-corrected chi connectivity index (χ0v) is 52.4. The number of hydrogen-bond donors (Lipinski definition) is 1. The van der Waals surface area contributed by atoms with E-state index in [9.17, 15) is 19.0 Å². The van der Waals surface area contributed by atoms with Crippen LogP contribution in [0.2, 0.25) is 0 Å². The van der Waals surface area contributed by atoms with E-state index in [4.69, 9.17) is 18.5 Å². The van der Waals surface area contributed by atoms with Gasteiger partial charge in [0.25, 0.3) is 0 Å². The van der Waals surface area contributed by atoms with Gasteiger partial charge in [0.1, 0.15) is 19.8 Å². The summed E-state index contributed by atoms with van der Waals surface area (Å²) in [5.74, 6) is -0.834. The number of phosphoric ester groups is 1. The Morgan fingerprint density at radius 1 is 0.400 bits per heavy atom. The number of carbonyl (C=O) groups excluding carboxylic acids is 2. The highest BCUT2D eigenvalue weighted by molar-refractivity contribution is 7.47. The highest BCUT2D eigenvalue weighted by Crippen LogP contribution is 2.43. The van der Waals surface area contributed by atoms with Crippen molar-refractivity contribution in [2.45, 2.75) is 238 Å². The van der Waals surface area contributed by atoms with E-state index in [1.165, 1.54) is 70.6 Å². The smallest absolute Gasteiger partial charge is 0.462 e. The van der Waals surface area contributed by atoms with E-state index >= 15 is 0 Å². The number of quaternary nitrogens is 1. The Morgan fingerprint density at radius 2 is 0.713 bits per heavy atom. The van der Waals surface area contributed by atoms with Gasteiger partial charge < -0.3 is 18.9 Å². The molecule has 0 aliphatic heterocycles. The Labute approximate surface area is 491 Å². The second kappa shape index (κ2) is 59.5. The summed E-state index contributed by atoms with van der Waals surface area (Å²) in [4.78, 5) is 35.8. The molecule has 0 aliphatic rings. The van der Waals surface area contributed by atoms with Crippen LogP contribution in [0.5, 0.6) is 0 Å². The predicted octanol–water partition coefficient (Wildman–Crippen LogP) is 20.3. The van der Waals surface area contributed by atoms with Gasteiger partial charge in [-0.25, -0.2) is 4.57 Å². The number of allylic oxidation sites excluding steroid dienone is 24. The minimum atomic E-state index is -4.41. The molecule has 0 saturated heterocycles. The highest BCUT2D eigenvalue weighted by atomic mass is 31.2. The molecule has 0 saturated carbocycles. The largest absolute Gasteiger partial charge is 0.472 e. The van der Waals surface area contributed by atoms with Gasteiger partial charge in [0.2, 0.25) is 0 Å². The van der Waals surface area contributed by atoms with Gasteiger partial charge in [-0.05, 0) is 122 Å². The normalized spacial score (nSPS) is 14.2. The van der Waals surface area contributed by atoms with Crippen molar-refractivity contribution in [1.82, 2.24) is 0 Å². The van der Waals surface area contributed by atoms with Crippen LogP contribution in [0.4, 0.5) is 0 Å². The van der Waals surface area contributed by atoms with Crippen LogP contribution in [0.1, 0.15) is 232 Å². The van der Waals surface area contributed by atoms with Crippen LogP contribution in [-0.4, -0.2) is 74.9 Å². The van der Waals surface area contributed by atoms with Gasteiger partial charge in [0.05, 0.1) is 27.7 Å². The van der Waals surface area contributed by atoms with Gasteiger partial charge in [-0.1, -0.05) is 243 Å². The number of likely N-dealkylation sites (N-methyl/N-ethyl adjacent to an activating group) is 1. The SMILES string of the molecule is CC/C=C\C/C=C\C/C=C\C/C=C\C/C=C\C/C=C\C/C=C\C/C=C\C/C=C\CCCCCCCCCC(=O)OC(COC(=O)CCCCCCCC/C=C\C/C=C\C/C=C\CCCCCCC)COP(=O)(O)OCC[N+](C)(C)C. The fourth-order valence-electron chi connectivity index (χ4n) is 8.01. The first-order valence-electron chi connectivity index (χ1n) is 31.6. The summed E-state index contributed by atoms with van der Waals surface area (Å²) in [5.41, 5.74) is 0. The third-order valence-corrected chi connectivity index (χ3v) is 13.8. The van der Waals surface area contributed by atoms with E-state index in [1.54, 1.807) is 0 Å². The maximum absolute atomic E-state index is 12.8. The number of rotatable bonds is 56. The van der Waals surface area contributed by atoms with Crippen LogP contribution in [0.15, 0.2) is 146 Å². The third-order valence-electron chi connectivity index (χ3n) is 12.9. The fourth-order valence-corrected chi connectivity index (χ4v) is 8.76. The molecular weight excluding hydrogens is 1010 g/mol. The van der Waals surface area contributed by atoms with Crippen LogP contribution in [0.3, 0.4) is 0 Å². The van der Waals surface area contributed by atoms with Gasteiger partial charge in [0.15, 0.2) is 6.10 Å². The third kappa shape index (κ3) is 63.1. The number of ether oxygens (including phenoxy) is 2. The van der Waals surface area contributed by atoms with Crippen LogP contribution in [0.25, 0.3) is 0 Å². The van der Waals surface area contributed by atoms with Crippen LogP contribution < -0.4 is 0 Å². The fraction of sp³-hybridized carbons (Fsp3) is 0.629. The number of phosphoric acid groups is 1. The number of nitrogens with zero attached hydrogens (tertiary/aromatic N) is 1. The van der Waals surface area contributed by atoms with E-state index in [-0.39, 0.29) is 32.0 Å². The van der Waals surface area contributed by atoms with Gasteiger partial charge >= 0.3 is 19.8 Å². The van der Waals surface area contributed by atoms with Crippen molar-refractivity contribution in [2.75, 3.05) is 47.5 Å². The summed E-state index contributed by atoms with van der Waals surface area (Å²) in [6, 6.07) is 0. The number of esters is 2. The lowest BCUT2D eigenvalue weighted by Crippen LogP contribution is -2.37. The average Bonchev–Trinajstić information content (AvgIpc) is 3.42. The molecule has 0 fully saturated rings.